The van der Waals surface area contributed by atoms with Gasteiger partial charge in [0.25, 0.3) is 0 Å². The number of likely N-dealkylation sites (N-methyl/N-ethyl adjacent to an activating group) is 2. The van der Waals surface area contributed by atoms with Crippen molar-refractivity contribution < 1.29 is 19.4 Å². The Balaban J connectivity index is 2.44. The molecule has 7 heteroatoms. The Morgan fingerprint density at radius 1 is 1.29 bits per heavy atom. The Hall–Kier alpha value is -1.18. The SMILES string of the molecule is CCN(CC)CC(=O)N1CCOC(CN(C)CC(=O)O)C1. The smallest absolute Gasteiger partial charge is 0.317 e. The molecule has 1 aliphatic rings. The highest BCUT2D eigenvalue weighted by molar-refractivity contribution is 5.78. The van der Waals surface area contributed by atoms with Gasteiger partial charge in [-0.3, -0.25) is 19.4 Å². The predicted octanol–water partition coefficient (Wildman–Crippen LogP) is -0.428. The molecule has 1 fully saturated rings. The molecular weight excluding hydrogens is 274 g/mol. The van der Waals surface area contributed by atoms with Crippen LogP contribution in [0.25, 0.3) is 0 Å². The molecule has 1 aliphatic heterocycles. The van der Waals surface area contributed by atoms with Crippen molar-refractivity contribution in [1.29, 1.82) is 0 Å². The Kier molecular flexibility index (Phi) is 7.63. The number of hydrogen-bond acceptors (Lipinski definition) is 5. The fourth-order valence-electron chi connectivity index (χ4n) is 2.44. The van der Waals surface area contributed by atoms with E-state index in [1.165, 1.54) is 0 Å². The van der Waals surface area contributed by atoms with E-state index >= 15 is 0 Å². The van der Waals surface area contributed by atoms with Crippen molar-refractivity contribution in [3.8, 4) is 0 Å². The van der Waals surface area contributed by atoms with Crippen molar-refractivity contribution in [3.05, 3.63) is 0 Å². The third-order valence-electron chi connectivity index (χ3n) is 3.67. The molecule has 1 heterocycles. The summed E-state index contributed by atoms with van der Waals surface area (Å²) in [7, 11) is 1.74. The van der Waals surface area contributed by atoms with Crippen molar-refractivity contribution in [2.45, 2.75) is 20.0 Å². The first-order valence-corrected chi connectivity index (χ1v) is 7.48. The summed E-state index contributed by atoms with van der Waals surface area (Å²) in [6, 6.07) is 0. The number of carboxylic acids is 1. The van der Waals surface area contributed by atoms with E-state index in [-0.39, 0.29) is 18.6 Å². The molecule has 1 saturated heterocycles. The Labute approximate surface area is 126 Å². The zero-order chi connectivity index (χ0) is 15.8. The molecule has 0 aromatic carbocycles. The molecule has 0 saturated carbocycles. The van der Waals surface area contributed by atoms with Crippen LogP contribution < -0.4 is 0 Å². The lowest BCUT2D eigenvalue weighted by Gasteiger charge is -2.35. The molecule has 0 bridgehead atoms. The largest absolute Gasteiger partial charge is 0.480 e. The number of nitrogens with zero attached hydrogens (tertiary/aromatic N) is 3. The van der Waals surface area contributed by atoms with Gasteiger partial charge in [0.15, 0.2) is 0 Å². The van der Waals surface area contributed by atoms with Crippen LogP contribution in [0.4, 0.5) is 0 Å². The highest BCUT2D eigenvalue weighted by Gasteiger charge is 2.26. The lowest BCUT2D eigenvalue weighted by molar-refractivity contribution is -0.143. The molecule has 21 heavy (non-hydrogen) atoms. The number of ether oxygens (including phenoxy) is 1. The van der Waals surface area contributed by atoms with E-state index in [2.05, 4.69) is 4.90 Å². The Morgan fingerprint density at radius 2 is 1.95 bits per heavy atom. The monoisotopic (exact) mass is 301 g/mol. The van der Waals surface area contributed by atoms with Crippen LogP contribution in [0.3, 0.4) is 0 Å². The van der Waals surface area contributed by atoms with Gasteiger partial charge in [-0.05, 0) is 20.1 Å². The van der Waals surface area contributed by atoms with Crippen LogP contribution in [0.2, 0.25) is 0 Å². The van der Waals surface area contributed by atoms with Gasteiger partial charge >= 0.3 is 5.97 Å². The van der Waals surface area contributed by atoms with E-state index in [1.54, 1.807) is 11.9 Å². The number of amides is 1. The summed E-state index contributed by atoms with van der Waals surface area (Å²) in [6.07, 6.45) is -0.122. The summed E-state index contributed by atoms with van der Waals surface area (Å²) in [5, 5.41) is 8.75. The van der Waals surface area contributed by atoms with Gasteiger partial charge in [-0.25, -0.2) is 0 Å². The van der Waals surface area contributed by atoms with Crippen LogP contribution in [0.1, 0.15) is 13.8 Å². The first-order chi connectivity index (χ1) is 9.96. The summed E-state index contributed by atoms with van der Waals surface area (Å²) < 4.78 is 5.63. The van der Waals surface area contributed by atoms with Gasteiger partial charge < -0.3 is 14.7 Å². The molecule has 1 rings (SSSR count). The molecule has 0 spiro atoms. The number of carboxylic acid groups (broad SMARTS) is 1. The molecule has 0 radical (unpaired) electrons. The molecule has 0 aromatic heterocycles. The fourth-order valence-corrected chi connectivity index (χ4v) is 2.44. The maximum atomic E-state index is 12.3. The van der Waals surface area contributed by atoms with Crippen LogP contribution in [0.15, 0.2) is 0 Å². The molecule has 1 unspecified atom stereocenters. The van der Waals surface area contributed by atoms with Gasteiger partial charge in [0.1, 0.15) is 0 Å². The van der Waals surface area contributed by atoms with E-state index in [0.717, 1.165) is 13.1 Å². The minimum absolute atomic E-state index is 0.0206. The molecule has 1 N–H and O–H groups in total. The predicted molar refractivity (Wildman–Crippen MR) is 79.2 cm³/mol. The average Bonchev–Trinajstić information content (AvgIpc) is 2.43. The number of carbonyl (C=O) groups is 2. The molecule has 0 aromatic rings. The zero-order valence-corrected chi connectivity index (χ0v) is 13.2. The molecule has 1 atom stereocenters. The highest BCUT2D eigenvalue weighted by Crippen LogP contribution is 2.07. The summed E-state index contributed by atoms with van der Waals surface area (Å²) in [4.78, 5) is 28.5. The van der Waals surface area contributed by atoms with Crippen molar-refractivity contribution in [2.75, 3.05) is 59.5 Å². The van der Waals surface area contributed by atoms with E-state index in [1.807, 2.05) is 18.7 Å². The van der Waals surface area contributed by atoms with Crippen LogP contribution in [0.5, 0.6) is 0 Å². The quantitative estimate of drug-likeness (QED) is 0.656. The Bertz CT molecular complexity index is 347. The van der Waals surface area contributed by atoms with E-state index in [9.17, 15) is 9.59 Å². The van der Waals surface area contributed by atoms with Crippen LogP contribution in [-0.2, 0) is 14.3 Å². The van der Waals surface area contributed by atoms with Crippen molar-refractivity contribution in [3.63, 3.8) is 0 Å². The third-order valence-corrected chi connectivity index (χ3v) is 3.67. The lowest BCUT2D eigenvalue weighted by Crippen LogP contribution is -2.51. The lowest BCUT2D eigenvalue weighted by atomic mass is 10.2. The Morgan fingerprint density at radius 3 is 2.52 bits per heavy atom. The standard InChI is InChI=1S/C14H27N3O4/c1-4-16(5-2)10-13(18)17-6-7-21-12(9-17)8-15(3)11-14(19)20/h12H,4-11H2,1-3H3,(H,19,20). The van der Waals surface area contributed by atoms with Gasteiger partial charge in [-0.1, -0.05) is 13.8 Å². The maximum Gasteiger partial charge on any atom is 0.317 e. The van der Waals surface area contributed by atoms with Gasteiger partial charge in [-0.15, -0.1) is 0 Å². The van der Waals surface area contributed by atoms with Crippen LogP contribution >= 0.6 is 0 Å². The summed E-state index contributed by atoms with van der Waals surface area (Å²) in [5.74, 6) is -0.740. The van der Waals surface area contributed by atoms with E-state index in [0.29, 0.717) is 32.8 Å². The summed E-state index contributed by atoms with van der Waals surface area (Å²) in [5.41, 5.74) is 0. The van der Waals surface area contributed by atoms with Gasteiger partial charge in [0, 0.05) is 19.6 Å². The zero-order valence-electron chi connectivity index (χ0n) is 13.2. The second-order valence-electron chi connectivity index (χ2n) is 5.38. The number of morpholine rings is 1. The second-order valence-corrected chi connectivity index (χ2v) is 5.38. The number of hydrogen-bond donors (Lipinski definition) is 1. The topological polar surface area (TPSA) is 73.3 Å². The van der Waals surface area contributed by atoms with Crippen molar-refractivity contribution in [1.82, 2.24) is 14.7 Å². The number of aliphatic carboxylic acids is 1. The van der Waals surface area contributed by atoms with Gasteiger partial charge in [0.05, 0.1) is 25.8 Å². The molecule has 7 nitrogen and oxygen atoms in total. The average molecular weight is 301 g/mol. The third kappa shape index (κ3) is 6.41. The highest BCUT2D eigenvalue weighted by atomic mass is 16.5. The normalized spacial score (nSPS) is 19.3. The maximum absolute atomic E-state index is 12.3. The minimum atomic E-state index is -0.859. The molecular formula is C14H27N3O4. The first-order valence-electron chi connectivity index (χ1n) is 7.48. The fraction of sp³-hybridized carbons (Fsp3) is 0.857. The van der Waals surface area contributed by atoms with Crippen molar-refractivity contribution >= 4 is 11.9 Å². The van der Waals surface area contributed by atoms with Gasteiger partial charge in [0.2, 0.25) is 5.91 Å². The minimum Gasteiger partial charge on any atom is -0.480 e. The summed E-state index contributed by atoms with van der Waals surface area (Å²) >= 11 is 0. The van der Waals surface area contributed by atoms with Crippen LogP contribution in [-0.4, -0.2) is 97.3 Å². The van der Waals surface area contributed by atoms with E-state index in [4.69, 9.17) is 9.84 Å². The second kappa shape index (κ2) is 8.96. The van der Waals surface area contributed by atoms with Gasteiger partial charge in [-0.2, -0.15) is 0 Å². The number of rotatable bonds is 8. The molecule has 0 aliphatic carbocycles. The molecule has 1 amide bonds. The van der Waals surface area contributed by atoms with Crippen LogP contribution in [0, 0.1) is 0 Å². The number of carbonyl (C=O) groups excluding carboxylic acids is 1. The summed E-state index contributed by atoms with van der Waals surface area (Å²) in [6.45, 7) is 8.38. The molecule has 122 valence electrons. The van der Waals surface area contributed by atoms with Crippen molar-refractivity contribution in [2.24, 2.45) is 0 Å². The first kappa shape index (κ1) is 17.9. The van der Waals surface area contributed by atoms with E-state index < -0.39 is 5.97 Å².